The lowest BCUT2D eigenvalue weighted by Gasteiger charge is -2.24. The molecule has 0 amide bonds. The smallest absolute Gasteiger partial charge is 0.457 e. The number of carbonyl (C=O) groups is 1. The first-order valence-corrected chi connectivity index (χ1v) is 27.2. The van der Waals surface area contributed by atoms with Gasteiger partial charge in [-0.25, -0.2) is 4.57 Å². The third kappa shape index (κ3) is 50.8. The normalized spacial score (nSPS) is 14.2. The Kier molecular flexibility index (Phi) is 44.9. The van der Waals surface area contributed by atoms with Crippen LogP contribution in [0.2, 0.25) is 0 Å². The minimum absolute atomic E-state index is 0.0830. The zero-order valence-corrected chi connectivity index (χ0v) is 42.4. The molecule has 0 radical (unpaired) electrons. The molecule has 0 aliphatic rings. The Morgan fingerprint density at radius 2 is 0.921 bits per heavy atom. The van der Waals surface area contributed by atoms with E-state index in [1.807, 2.05) is 21.1 Å². The summed E-state index contributed by atoms with van der Waals surface area (Å²) in [5, 5.41) is 0. The second-order valence-corrected chi connectivity index (χ2v) is 19.6. The van der Waals surface area contributed by atoms with Crippen LogP contribution in [0.25, 0.3) is 0 Å². The molecule has 0 bridgehead atoms. The predicted molar refractivity (Wildman–Crippen MR) is 270 cm³/mol. The van der Waals surface area contributed by atoms with Gasteiger partial charge in [-0.3, -0.25) is 13.8 Å². The van der Waals surface area contributed by atoms with E-state index in [2.05, 4.69) is 86.8 Å². The number of quaternary nitrogens is 1. The second-order valence-electron chi connectivity index (χ2n) is 18.2. The number of likely N-dealkylation sites (N-methyl/N-ethyl adjacent to an activating group) is 1. The Morgan fingerprint density at radius 1 is 0.508 bits per heavy atom. The van der Waals surface area contributed by atoms with Crippen LogP contribution in [0.3, 0.4) is 0 Å². The molecule has 0 saturated heterocycles. The number of phosphoric ester groups is 1. The van der Waals surface area contributed by atoms with Crippen LogP contribution in [0.15, 0.2) is 72.9 Å². The highest BCUT2D eigenvalue weighted by molar-refractivity contribution is 7.47. The summed E-state index contributed by atoms with van der Waals surface area (Å²) in [5.41, 5.74) is 0. The van der Waals surface area contributed by atoms with E-state index in [1.165, 1.54) is 103 Å². The van der Waals surface area contributed by atoms with E-state index in [0.717, 1.165) is 83.5 Å². The molecule has 0 aromatic rings. The SMILES string of the molecule is CC/C=C\C/C=C\C/C=C\C/C=C\CCCCCCCCCCCCCCCOCC(COP(=O)(O)OCC[N+](C)(C)C)OC(=O)CCCCCCC/C=C\C/C=C\CCCCC. The minimum Gasteiger partial charge on any atom is -0.457 e. The number of rotatable bonds is 47. The fraction of sp³-hybridized carbons (Fsp3) is 0.759. The standard InChI is InChI=1S/C54H98NO7P/c1-6-8-10-12-14-16-18-20-22-23-24-25-26-27-28-29-30-31-32-34-36-38-40-42-44-46-49-59-51-53(52-61-63(57,58)60-50-48-55(3,4)5)62-54(56)47-45-43-41-39-37-35-33-21-19-17-15-13-11-9-7-2/h8,10,14-17,20-22,24-25,33,53H,6-7,9,11-13,18-19,23,26-32,34-52H2,1-5H3/p+1/b10-8-,16-14-,17-15-,22-20-,25-24-,33-21-. The maximum atomic E-state index is 12.7. The van der Waals surface area contributed by atoms with Gasteiger partial charge in [-0.1, -0.05) is 189 Å². The average Bonchev–Trinajstić information content (AvgIpc) is 3.24. The van der Waals surface area contributed by atoms with E-state index >= 15 is 0 Å². The minimum atomic E-state index is -4.29. The number of nitrogens with zero attached hydrogens (tertiary/aromatic N) is 1. The van der Waals surface area contributed by atoms with Gasteiger partial charge in [-0.05, 0) is 83.5 Å². The number of ether oxygens (including phenoxy) is 2. The first-order valence-electron chi connectivity index (χ1n) is 25.7. The fourth-order valence-corrected chi connectivity index (χ4v) is 7.55. The van der Waals surface area contributed by atoms with Crippen LogP contribution in [0, 0.1) is 0 Å². The molecule has 0 rings (SSSR count). The van der Waals surface area contributed by atoms with Crippen molar-refractivity contribution in [3.8, 4) is 0 Å². The molecule has 366 valence electrons. The van der Waals surface area contributed by atoms with Crippen molar-refractivity contribution < 1.29 is 37.3 Å². The maximum absolute atomic E-state index is 12.7. The summed E-state index contributed by atoms with van der Waals surface area (Å²) < 4.78 is 35.1. The number of phosphoric acid groups is 1. The van der Waals surface area contributed by atoms with E-state index in [4.69, 9.17) is 18.5 Å². The van der Waals surface area contributed by atoms with Gasteiger partial charge in [0.1, 0.15) is 19.3 Å². The topological polar surface area (TPSA) is 91.3 Å². The molecule has 0 spiro atoms. The molecule has 8 nitrogen and oxygen atoms in total. The molecular weight excluding hydrogens is 806 g/mol. The van der Waals surface area contributed by atoms with Crippen LogP contribution in [0.5, 0.6) is 0 Å². The number of hydrogen-bond acceptors (Lipinski definition) is 6. The first-order chi connectivity index (χ1) is 30.6. The highest BCUT2D eigenvalue weighted by atomic mass is 31.2. The van der Waals surface area contributed by atoms with Crippen LogP contribution in [0.4, 0.5) is 0 Å². The lowest BCUT2D eigenvalue weighted by Crippen LogP contribution is -2.37. The summed E-state index contributed by atoms with van der Waals surface area (Å²) in [5.74, 6) is -0.329. The van der Waals surface area contributed by atoms with Crippen LogP contribution < -0.4 is 0 Å². The lowest BCUT2D eigenvalue weighted by atomic mass is 10.0. The molecule has 0 aromatic carbocycles. The Morgan fingerprint density at radius 3 is 1.38 bits per heavy atom. The van der Waals surface area contributed by atoms with Crippen molar-refractivity contribution in [3.63, 3.8) is 0 Å². The van der Waals surface area contributed by atoms with Crippen molar-refractivity contribution in [2.24, 2.45) is 0 Å². The van der Waals surface area contributed by atoms with Gasteiger partial charge in [0.2, 0.25) is 0 Å². The number of carbonyl (C=O) groups excluding carboxylic acids is 1. The zero-order chi connectivity index (χ0) is 46.2. The molecule has 0 saturated carbocycles. The van der Waals surface area contributed by atoms with E-state index in [0.29, 0.717) is 24.1 Å². The van der Waals surface area contributed by atoms with E-state index in [1.54, 1.807) is 0 Å². The van der Waals surface area contributed by atoms with Crippen LogP contribution in [-0.2, 0) is 27.9 Å². The van der Waals surface area contributed by atoms with Gasteiger partial charge in [0, 0.05) is 13.0 Å². The molecule has 0 aliphatic heterocycles. The van der Waals surface area contributed by atoms with Crippen molar-refractivity contribution in [1.82, 2.24) is 0 Å². The highest BCUT2D eigenvalue weighted by Crippen LogP contribution is 2.43. The fourth-order valence-electron chi connectivity index (χ4n) is 6.81. The van der Waals surface area contributed by atoms with Crippen molar-refractivity contribution in [2.75, 3.05) is 54.1 Å². The number of unbranched alkanes of at least 4 members (excludes halogenated alkanes) is 21. The monoisotopic (exact) mass is 905 g/mol. The molecular formula is C54H99NO7P+. The summed E-state index contributed by atoms with van der Waals surface area (Å²) in [6, 6.07) is 0. The van der Waals surface area contributed by atoms with E-state index in [-0.39, 0.29) is 25.8 Å². The molecule has 63 heavy (non-hydrogen) atoms. The highest BCUT2D eigenvalue weighted by Gasteiger charge is 2.26. The molecule has 2 unspecified atom stereocenters. The Hall–Kier alpha value is -2.06. The van der Waals surface area contributed by atoms with Crippen molar-refractivity contribution in [3.05, 3.63) is 72.9 Å². The quantitative estimate of drug-likeness (QED) is 0.0214. The van der Waals surface area contributed by atoms with Crippen LogP contribution >= 0.6 is 7.82 Å². The molecule has 0 aromatic heterocycles. The Bertz CT molecular complexity index is 1230. The largest absolute Gasteiger partial charge is 0.472 e. The third-order valence-corrected chi connectivity index (χ3v) is 11.7. The van der Waals surface area contributed by atoms with Gasteiger partial charge in [0.15, 0.2) is 0 Å². The molecule has 0 aliphatic carbocycles. The van der Waals surface area contributed by atoms with Gasteiger partial charge in [-0.2, -0.15) is 0 Å². The Balaban J connectivity index is 4.10. The average molecular weight is 905 g/mol. The zero-order valence-electron chi connectivity index (χ0n) is 41.5. The van der Waals surface area contributed by atoms with Gasteiger partial charge in [0.25, 0.3) is 0 Å². The molecule has 0 fully saturated rings. The van der Waals surface area contributed by atoms with Crippen LogP contribution in [-0.4, -0.2) is 75.6 Å². The molecule has 2 atom stereocenters. The van der Waals surface area contributed by atoms with Gasteiger partial charge in [0.05, 0.1) is 34.4 Å². The molecule has 1 N–H and O–H groups in total. The second kappa shape index (κ2) is 46.5. The van der Waals surface area contributed by atoms with Gasteiger partial charge < -0.3 is 18.9 Å². The van der Waals surface area contributed by atoms with E-state index < -0.39 is 13.9 Å². The summed E-state index contributed by atoms with van der Waals surface area (Å²) in [4.78, 5) is 23.0. The van der Waals surface area contributed by atoms with Crippen LogP contribution in [0.1, 0.15) is 206 Å². The van der Waals surface area contributed by atoms with E-state index in [9.17, 15) is 14.3 Å². The maximum Gasteiger partial charge on any atom is 0.472 e. The molecule has 9 heteroatoms. The van der Waals surface area contributed by atoms with Gasteiger partial charge in [-0.15, -0.1) is 0 Å². The van der Waals surface area contributed by atoms with Gasteiger partial charge >= 0.3 is 13.8 Å². The number of allylic oxidation sites excluding steroid dienone is 12. The van der Waals surface area contributed by atoms with Crippen molar-refractivity contribution in [1.29, 1.82) is 0 Å². The Labute approximate surface area is 389 Å². The van der Waals surface area contributed by atoms with Crippen molar-refractivity contribution >= 4 is 13.8 Å². The number of hydrogen-bond donors (Lipinski definition) is 1. The predicted octanol–water partition coefficient (Wildman–Crippen LogP) is 15.8. The lowest BCUT2D eigenvalue weighted by molar-refractivity contribution is -0.870. The summed E-state index contributed by atoms with van der Waals surface area (Å²) in [7, 11) is 1.65. The third-order valence-electron chi connectivity index (χ3n) is 10.8. The molecule has 0 heterocycles. The number of esters is 1. The summed E-state index contributed by atoms with van der Waals surface area (Å²) in [6.07, 6.45) is 60.9. The van der Waals surface area contributed by atoms with Crippen molar-refractivity contribution in [2.45, 2.75) is 213 Å². The summed E-state index contributed by atoms with van der Waals surface area (Å²) in [6.45, 7) is 5.47. The first kappa shape index (κ1) is 60.9. The summed E-state index contributed by atoms with van der Waals surface area (Å²) >= 11 is 0.